The third kappa shape index (κ3) is 2.90. The highest BCUT2D eigenvalue weighted by atomic mass is 16.4. The summed E-state index contributed by atoms with van der Waals surface area (Å²) in [6.45, 7) is 0. The van der Waals surface area contributed by atoms with Gasteiger partial charge in [0.2, 0.25) is 0 Å². The van der Waals surface area contributed by atoms with Gasteiger partial charge in [0.1, 0.15) is 6.07 Å². The quantitative estimate of drug-likeness (QED) is 0.877. The number of hydrogen-bond acceptors (Lipinski definition) is 3. The van der Waals surface area contributed by atoms with E-state index in [-0.39, 0.29) is 0 Å². The van der Waals surface area contributed by atoms with Crippen LogP contribution in [0.1, 0.15) is 17.2 Å². The lowest BCUT2D eigenvalue weighted by Crippen LogP contribution is -2.20. The Bertz CT molecular complexity index is 618. The number of carbonyl (C=O) groups is 1. The lowest BCUT2D eigenvalue weighted by atomic mass is 10.1. The first-order valence-corrected chi connectivity index (χ1v) is 5.76. The van der Waals surface area contributed by atoms with E-state index < -0.39 is 12.0 Å². The van der Waals surface area contributed by atoms with E-state index in [0.29, 0.717) is 16.8 Å². The van der Waals surface area contributed by atoms with Crippen molar-refractivity contribution in [2.75, 3.05) is 5.32 Å². The molecule has 0 spiro atoms. The van der Waals surface area contributed by atoms with E-state index in [9.17, 15) is 9.90 Å². The van der Waals surface area contributed by atoms with Crippen molar-refractivity contribution in [2.45, 2.75) is 6.04 Å². The number of para-hydroxylation sites is 1. The van der Waals surface area contributed by atoms with Crippen molar-refractivity contribution < 1.29 is 9.90 Å². The van der Waals surface area contributed by atoms with Gasteiger partial charge in [-0.15, -0.1) is 0 Å². The van der Waals surface area contributed by atoms with E-state index in [1.54, 1.807) is 48.5 Å². The summed E-state index contributed by atoms with van der Waals surface area (Å²) in [6.07, 6.45) is 0. The summed E-state index contributed by atoms with van der Waals surface area (Å²) in [6, 6.07) is 16.8. The van der Waals surface area contributed by atoms with Crippen LogP contribution in [0.15, 0.2) is 54.6 Å². The highest BCUT2D eigenvalue weighted by Crippen LogP contribution is 2.22. The van der Waals surface area contributed by atoms with Gasteiger partial charge in [-0.2, -0.15) is 5.26 Å². The largest absolute Gasteiger partial charge is 0.479 e. The summed E-state index contributed by atoms with van der Waals surface area (Å²) in [7, 11) is 0. The Labute approximate surface area is 110 Å². The summed E-state index contributed by atoms with van der Waals surface area (Å²) in [5, 5.41) is 21.2. The highest BCUT2D eigenvalue weighted by Gasteiger charge is 2.20. The van der Waals surface area contributed by atoms with E-state index in [1.807, 2.05) is 12.1 Å². The Morgan fingerprint density at radius 1 is 1.11 bits per heavy atom. The molecule has 0 saturated heterocycles. The molecule has 1 unspecified atom stereocenters. The molecule has 0 bridgehead atoms. The summed E-state index contributed by atoms with van der Waals surface area (Å²) in [4.78, 5) is 11.4. The summed E-state index contributed by atoms with van der Waals surface area (Å²) >= 11 is 0. The molecule has 0 aliphatic rings. The number of nitrogens with zero attached hydrogens (tertiary/aromatic N) is 1. The second-order valence-electron chi connectivity index (χ2n) is 3.98. The molecule has 2 aromatic carbocycles. The molecule has 0 amide bonds. The molecular formula is C15H12N2O2. The molecule has 2 rings (SSSR count). The van der Waals surface area contributed by atoms with Gasteiger partial charge in [0.15, 0.2) is 6.04 Å². The number of hydrogen-bond donors (Lipinski definition) is 2. The van der Waals surface area contributed by atoms with Crippen molar-refractivity contribution in [1.82, 2.24) is 0 Å². The maximum atomic E-state index is 11.4. The lowest BCUT2D eigenvalue weighted by molar-refractivity contribution is -0.138. The molecule has 0 fully saturated rings. The second-order valence-corrected chi connectivity index (χ2v) is 3.98. The molecule has 0 aromatic heterocycles. The minimum Gasteiger partial charge on any atom is -0.479 e. The van der Waals surface area contributed by atoms with Crippen molar-refractivity contribution in [3.8, 4) is 6.07 Å². The van der Waals surface area contributed by atoms with Crippen molar-refractivity contribution in [3.05, 3.63) is 65.7 Å². The molecule has 0 aliphatic carbocycles. The van der Waals surface area contributed by atoms with Gasteiger partial charge in [0.25, 0.3) is 0 Å². The third-order valence-corrected chi connectivity index (χ3v) is 2.73. The molecule has 19 heavy (non-hydrogen) atoms. The monoisotopic (exact) mass is 252 g/mol. The van der Waals surface area contributed by atoms with Crippen LogP contribution in [0.25, 0.3) is 0 Å². The number of rotatable bonds is 4. The number of benzene rings is 2. The second kappa shape index (κ2) is 5.69. The maximum Gasteiger partial charge on any atom is 0.330 e. The van der Waals surface area contributed by atoms with Crippen LogP contribution in [0.5, 0.6) is 0 Å². The van der Waals surface area contributed by atoms with E-state index in [4.69, 9.17) is 5.26 Å². The molecule has 2 aromatic rings. The predicted octanol–water partition coefficient (Wildman–Crippen LogP) is 2.80. The Hall–Kier alpha value is -2.80. The zero-order chi connectivity index (χ0) is 13.7. The lowest BCUT2D eigenvalue weighted by Gasteiger charge is -2.16. The summed E-state index contributed by atoms with van der Waals surface area (Å²) in [5.41, 5.74) is 1.58. The molecule has 2 N–H and O–H groups in total. The zero-order valence-electron chi connectivity index (χ0n) is 10.1. The number of anilines is 1. The Morgan fingerprint density at radius 3 is 2.37 bits per heavy atom. The van der Waals surface area contributed by atoms with E-state index in [2.05, 4.69) is 5.32 Å². The van der Waals surface area contributed by atoms with Gasteiger partial charge in [0.05, 0.1) is 11.3 Å². The van der Waals surface area contributed by atoms with Gasteiger partial charge in [-0.25, -0.2) is 4.79 Å². The van der Waals surface area contributed by atoms with E-state index in [1.165, 1.54) is 0 Å². The smallest absolute Gasteiger partial charge is 0.330 e. The number of nitriles is 1. The molecule has 0 saturated carbocycles. The normalized spacial score (nSPS) is 11.3. The van der Waals surface area contributed by atoms with Crippen molar-refractivity contribution in [2.24, 2.45) is 0 Å². The van der Waals surface area contributed by atoms with Crippen LogP contribution in [0.3, 0.4) is 0 Å². The molecule has 4 nitrogen and oxygen atoms in total. The fraction of sp³-hybridized carbons (Fsp3) is 0.0667. The van der Waals surface area contributed by atoms with Gasteiger partial charge in [-0.05, 0) is 17.7 Å². The minimum atomic E-state index is -0.987. The first-order valence-electron chi connectivity index (χ1n) is 5.76. The molecule has 4 heteroatoms. The molecule has 1 atom stereocenters. The van der Waals surface area contributed by atoms with Crippen molar-refractivity contribution in [3.63, 3.8) is 0 Å². The number of carboxylic acid groups (broad SMARTS) is 1. The van der Waals surface area contributed by atoms with Gasteiger partial charge >= 0.3 is 5.97 Å². The summed E-state index contributed by atoms with van der Waals surface area (Å²) in [5.74, 6) is -0.987. The average molecular weight is 252 g/mol. The Balaban J connectivity index is 2.33. The van der Waals surface area contributed by atoms with Crippen LogP contribution >= 0.6 is 0 Å². The van der Waals surface area contributed by atoms with Gasteiger partial charge in [-0.1, -0.05) is 42.5 Å². The van der Waals surface area contributed by atoms with Crippen LogP contribution in [-0.2, 0) is 4.79 Å². The highest BCUT2D eigenvalue weighted by molar-refractivity contribution is 5.80. The predicted molar refractivity (Wildman–Crippen MR) is 71.6 cm³/mol. The number of nitrogens with one attached hydrogen (secondary N) is 1. The fourth-order valence-electron chi connectivity index (χ4n) is 1.80. The minimum absolute atomic E-state index is 0.421. The van der Waals surface area contributed by atoms with Gasteiger partial charge < -0.3 is 10.4 Å². The Kier molecular flexibility index (Phi) is 3.79. The Morgan fingerprint density at radius 2 is 1.74 bits per heavy atom. The average Bonchev–Trinajstić information content (AvgIpc) is 2.45. The topological polar surface area (TPSA) is 73.1 Å². The fourth-order valence-corrected chi connectivity index (χ4v) is 1.80. The van der Waals surface area contributed by atoms with Gasteiger partial charge in [0, 0.05) is 0 Å². The first-order chi connectivity index (χ1) is 9.22. The standard InChI is InChI=1S/C15H12N2O2/c16-10-12-8-4-5-9-13(12)17-14(15(18)19)11-6-2-1-3-7-11/h1-9,14,17H,(H,18,19). The zero-order valence-corrected chi connectivity index (χ0v) is 10.1. The number of carboxylic acids is 1. The molecule has 0 radical (unpaired) electrons. The van der Waals surface area contributed by atoms with E-state index >= 15 is 0 Å². The van der Waals surface area contributed by atoms with Crippen LogP contribution in [0.2, 0.25) is 0 Å². The number of aliphatic carboxylic acids is 1. The molecular weight excluding hydrogens is 240 g/mol. The van der Waals surface area contributed by atoms with Crippen molar-refractivity contribution in [1.29, 1.82) is 5.26 Å². The maximum absolute atomic E-state index is 11.4. The third-order valence-electron chi connectivity index (χ3n) is 2.73. The van der Waals surface area contributed by atoms with Crippen LogP contribution < -0.4 is 5.32 Å². The molecule has 0 heterocycles. The molecule has 0 aliphatic heterocycles. The van der Waals surface area contributed by atoms with Crippen molar-refractivity contribution >= 4 is 11.7 Å². The first kappa shape index (κ1) is 12.7. The SMILES string of the molecule is N#Cc1ccccc1NC(C(=O)O)c1ccccc1. The van der Waals surface area contributed by atoms with Crippen LogP contribution in [0, 0.1) is 11.3 Å². The van der Waals surface area contributed by atoms with Gasteiger partial charge in [-0.3, -0.25) is 0 Å². The van der Waals surface area contributed by atoms with E-state index in [0.717, 1.165) is 0 Å². The van der Waals surface area contributed by atoms with Crippen LogP contribution in [0.4, 0.5) is 5.69 Å². The molecule has 94 valence electrons. The summed E-state index contributed by atoms with van der Waals surface area (Å²) < 4.78 is 0. The van der Waals surface area contributed by atoms with Crippen LogP contribution in [-0.4, -0.2) is 11.1 Å².